The number of pyridine rings is 1. The van der Waals surface area contributed by atoms with Gasteiger partial charge in [0.2, 0.25) is 0 Å². The van der Waals surface area contributed by atoms with Crippen LogP contribution in [-0.4, -0.2) is 64.5 Å². The summed E-state index contributed by atoms with van der Waals surface area (Å²) in [5, 5.41) is 0. The molecule has 1 saturated heterocycles. The van der Waals surface area contributed by atoms with Crippen LogP contribution in [0.2, 0.25) is 0 Å². The van der Waals surface area contributed by atoms with E-state index in [1.807, 2.05) is 6.20 Å². The van der Waals surface area contributed by atoms with Crippen LogP contribution in [0.4, 0.5) is 5.69 Å². The monoisotopic (exact) mass is 418 g/mol. The Balaban J connectivity index is 1.42. The van der Waals surface area contributed by atoms with Crippen molar-refractivity contribution >= 4 is 16.7 Å². The summed E-state index contributed by atoms with van der Waals surface area (Å²) in [7, 11) is 2.20. The van der Waals surface area contributed by atoms with Crippen molar-refractivity contribution in [2.24, 2.45) is 0 Å². The maximum atomic E-state index is 5.11. The Hall–Kier alpha value is -2.44. The fourth-order valence-electron chi connectivity index (χ4n) is 5.21. The van der Waals surface area contributed by atoms with E-state index in [0.29, 0.717) is 6.04 Å². The van der Waals surface area contributed by atoms with E-state index < -0.39 is 0 Å². The smallest absolute Gasteiger partial charge is 0.121 e. The number of hydrogen-bond acceptors (Lipinski definition) is 5. The second kappa shape index (κ2) is 8.97. The van der Waals surface area contributed by atoms with Crippen LogP contribution in [-0.2, 0) is 13.0 Å². The number of benzene rings is 1. The van der Waals surface area contributed by atoms with Crippen molar-refractivity contribution in [1.29, 1.82) is 0 Å². The zero-order valence-electron chi connectivity index (χ0n) is 18.8. The van der Waals surface area contributed by atoms with Gasteiger partial charge in [0.15, 0.2) is 0 Å². The van der Waals surface area contributed by atoms with Gasteiger partial charge in [-0.05, 0) is 63.0 Å². The van der Waals surface area contributed by atoms with E-state index in [0.717, 1.165) is 69.0 Å². The average Bonchev–Trinajstić information content (AvgIpc) is 3.22. The Labute approximate surface area is 185 Å². The molecule has 1 aliphatic heterocycles. The molecule has 6 nitrogen and oxygen atoms in total. The average molecular weight is 419 g/mol. The van der Waals surface area contributed by atoms with E-state index in [1.165, 1.54) is 29.8 Å². The van der Waals surface area contributed by atoms with Crippen LogP contribution in [0.25, 0.3) is 11.0 Å². The van der Waals surface area contributed by atoms with Gasteiger partial charge in [0.05, 0.1) is 29.5 Å². The number of aromatic nitrogens is 3. The fraction of sp³-hybridized carbons (Fsp3) is 0.520. The molecule has 0 saturated carbocycles. The summed E-state index contributed by atoms with van der Waals surface area (Å²) in [6.45, 7) is 8.49. The molecule has 0 bridgehead atoms. The van der Waals surface area contributed by atoms with Crippen molar-refractivity contribution in [3.63, 3.8) is 0 Å². The van der Waals surface area contributed by atoms with Gasteiger partial charge in [-0.2, -0.15) is 0 Å². The van der Waals surface area contributed by atoms with Crippen LogP contribution < -0.4 is 4.90 Å². The zero-order valence-corrected chi connectivity index (χ0v) is 18.8. The fourth-order valence-corrected chi connectivity index (χ4v) is 5.21. The molecule has 0 unspecified atom stereocenters. The van der Waals surface area contributed by atoms with Crippen molar-refractivity contribution in [3.8, 4) is 0 Å². The van der Waals surface area contributed by atoms with Gasteiger partial charge in [-0.25, -0.2) is 4.98 Å². The van der Waals surface area contributed by atoms with Crippen molar-refractivity contribution in [1.82, 2.24) is 24.8 Å². The Kier molecular flexibility index (Phi) is 5.92. The Morgan fingerprint density at radius 2 is 2.00 bits per heavy atom. The maximum absolute atomic E-state index is 5.11. The van der Waals surface area contributed by atoms with Crippen LogP contribution in [0, 0.1) is 0 Å². The van der Waals surface area contributed by atoms with Gasteiger partial charge < -0.3 is 14.8 Å². The first-order valence-corrected chi connectivity index (χ1v) is 11.8. The van der Waals surface area contributed by atoms with Crippen LogP contribution in [0.1, 0.15) is 49.3 Å². The number of anilines is 1. The molecule has 5 rings (SSSR count). The number of nitrogens with one attached hydrogen (secondary N) is 1. The Morgan fingerprint density at radius 3 is 2.84 bits per heavy atom. The highest BCUT2D eigenvalue weighted by atomic mass is 15.3. The van der Waals surface area contributed by atoms with Crippen LogP contribution >= 0.6 is 0 Å². The van der Waals surface area contributed by atoms with Crippen LogP contribution in [0.3, 0.4) is 0 Å². The number of likely N-dealkylation sites (N-methyl/N-ethyl adjacent to an activating group) is 1. The van der Waals surface area contributed by atoms with Gasteiger partial charge >= 0.3 is 0 Å². The molecular weight excluding hydrogens is 384 g/mol. The standard InChI is InChI=1S/C25H34N6/c1-3-13-31(21-10-4-7-19-8-6-12-26-24(19)21)18-23-27-20-9-5-11-22(25(20)28-23)30-16-14-29(2)15-17-30/h5-6,8-9,11-12,21H,3-4,7,10,13-18H2,1-2H3,(H,27,28)/t21-/m1/s1. The minimum Gasteiger partial charge on any atom is -0.367 e. The molecule has 0 radical (unpaired) electrons. The number of rotatable bonds is 6. The topological polar surface area (TPSA) is 51.3 Å². The van der Waals surface area contributed by atoms with Gasteiger partial charge in [0, 0.05) is 32.4 Å². The number of para-hydroxylation sites is 1. The molecule has 1 N–H and O–H groups in total. The lowest BCUT2D eigenvalue weighted by molar-refractivity contribution is 0.162. The SMILES string of the molecule is CCCN(Cc1nc2c(N3CCN(C)CC3)cccc2[nH]1)[C@@H]1CCCc2cccnc21. The van der Waals surface area contributed by atoms with Gasteiger partial charge in [0.25, 0.3) is 0 Å². The molecule has 1 aromatic carbocycles. The molecule has 1 fully saturated rings. The number of aryl methyl sites for hydroxylation is 1. The number of piperazine rings is 1. The summed E-state index contributed by atoms with van der Waals surface area (Å²) in [5.74, 6) is 1.06. The quantitative estimate of drug-likeness (QED) is 0.656. The second-order valence-corrected chi connectivity index (χ2v) is 9.07. The molecule has 1 aliphatic carbocycles. The molecule has 2 aromatic heterocycles. The summed E-state index contributed by atoms with van der Waals surface area (Å²) in [6, 6.07) is 11.3. The molecule has 2 aliphatic rings. The first-order chi connectivity index (χ1) is 15.2. The van der Waals surface area contributed by atoms with Crippen molar-refractivity contribution in [3.05, 3.63) is 53.6 Å². The van der Waals surface area contributed by atoms with Crippen molar-refractivity contribution in [2.75, 3.05) is 44.7 Å². The highest BCUT2D eigenvalue weighted by Gasteiger charge is 2.27. The number of H-pyrrole nitrogens is 1. The Morgan fingerprint density at radius 1 is 1.13 bits per heavy atom. The molecule has 6 heteroatoms. The van der Waals surface area contributed by atoms with Gasteiger partial charge in [-0.15, -0.1) is 0 Å². The highest BCUT2D eigenvalue weighted by Crippen LogP contribution is 2.34. The largest absolute Gasteiger partial charge is 0.367 e. The summed E-state index contributed by atoms with van der Waals surface area (Å²) in [4.78, 5) is 21.0. The van der Waals surface area contributed by atoms with Gasteiger partial charge in [-0.1, -0.05) is 19.1 Å². The molecule has 164 valence electrons. The zero-order chi connectivity index (χ0) is 21.2. The van der Waals surface area contributed by atoms with Crippen LogP contribution in [0.15, 0.2) is 36.5 Å². The highest BCUT2D eigenvalue weighted by molar-refractivity contribution is 5.89. The predicted molar refractivity (Wildman–Crippen MR) is 126 cm³/mol. The lowest BCUT2D eigenvalue weighted by Gasteiger charge is -2.34. The van der Waals surface area contributed by atoms with Crippen molar-refractivity contribution in [2.45, 2.75) is 45.2 Å². The molecular formula is C25H34N6. The third-order valence-electron chi connectivity index (χ3n) is 6.85. The summed E-state index contributed by atoms with van der Waals surface area (Å²) < 4.78 is 0. The summed E-state index contributed by atoms with van der Waals surface area (Å²) in [6.07, 6.45) is 6.64. The number of imidazole rings is 1. The summed E-state index contributed by atoms with van der Waals surface area (Å²) >= 11 is 0. The lowest BCUT2D eigenvalue weighted by atomic mass is 9.90. The minimum absolute atomic E-state index is 0.384. The Bertz CT molecular complexity index is 1020. The molecule has 31 heavy (non-hydrogen) atoms. The maximum Gasteiger partial charge on any atom is 0.121 e. The summed E-state index contributed by atoms with van der Waals surface area (Å²) in [5.41, 5.74) is 6.21. The normalized spacial score (nSPS) is 19.8. The second-order valence-electron chi connectivity index (χ2n) is 9.07. The minimum atomic E-state index is 0.384. The first-order valence-electron chi connectivity index (χ1n) is 11.8. The molecule has 0 amide bonds. The molecule has 1 atom stereocenters. The molecule has 3 heterocycles. The number of fused-ring (bicyclic) bond motifs is 2. The van der Waals surface area contributed by atoms with Crippen LogP contribution in [0.5, 0.6) is 0 Å². The molecule has 3 aromatic rings. The van der Waals surface area contributed by atoms with Crippen molar-refractivity contribution < 1.29 is 0 Å². The van der Waals surface area contributed by atoms with Gasteiger partial charge in [-0.3, -0.25) is 9.88 Å². The van der Waals surface area contributed by atoms with E-state index >= 15 is 0 Å². The van der Waals surface area contributed by atoms with E-state index in [-0.39, 0.29) is 0 Å². The number of nitrogens with zero attached hydrogens (tertiary/aromatic N) is 5. The van der Waals surface area contributed by atoms with E-state index in [4.69, 9.17) is 9.97 Å². The molecule has 0 spiro atoms. The number of hydrogen-bond donors (Lipinski definition) is 1. The third kappa shape index (κ3) is 4.19. The number of aromatic amines is 1. The third-order valence-corrected chi connectivity index (χ3v) is 6.85. The van der Waals surface area contributed by atoms with E-state index in [2.05, 4.69) is 64.0 Å². The van der Waals surface area contributed by atoms with E-state index in [1.54, 1.807) is 0 Å². The predicted octanol–water partition coefficient (Wildman–Crippen LogP) is 4.00. The lowest BCUT2D eigenvalue weighted by Crippen LogP contribution is -2.44. The first kappa shape index (κ1) is 20.5. The van der Waals surface area contributed by atoms with Gasteiger partial charge in [0.1, 0.15) is 11.3 Å². The van der Waals surface area contributed by atoms with E-state index in [9.17, 15) is 0 Å².